The van der Waals surface area contributed by atoms with Crippen LogP contribution < -0.4 is 0 Å². The minimum Gasteiger partial charge on any atom is -0.477 e. The molecule has 0 aromatic carbocycles. The molecule has 0 aliphatic rings. The molecule has 1 N–H and O–H groups in total. The highest BCUT2D eigenvalue weighted by molar-refractivity contribution is 5.71. The van der Waals surface area contributed by atoms with Gasteiger partial charge in [0.2, 0.25) is 0 Å². The molecule has 0 spiro atoms. The van der Waals surface area contributed by atoms with Crippen molar-refractivity contribution < 1.29 is 42.9 Å². The zero-order chi connectivity index (χ0) is 60.5. The Bertz CT molecular complexity index is 1320. The summed E-state index contributed by atoms with van der Waals surface area (Å²) >= 11 is 0. The van der Waals surface area contributed by atoms with E-state index in [0.29, 0.717) is 17.4 Å². The number of ether oxygens (including phenoxy) is 4. The molecular formula is C74H146NO8+. The Hall–Kier alpha value is -1.71. The average Bonchev–Trinajstić information content (AvgIpc) is 3.46. The maximum atomic E-state index is 12.9. The Morgan fingerprint density at radius 3 is 0.771 bits per heavy atom. The maximum Gasteiger partial charge on any atom is 0.361 e. The smallest absolute Gasteiger partial charge is 0.361 e. The first-order chi connectivity index (χ1) is 40.6. The van der Waals surface area contributed by atoms with Gasteiger partial charge in [0.1, 0.15) is 13.2 Å². The molecule has 83 heavy (non-hydrogen) atoms. The van der Waals surface area contributed by atoms with Crippen LogP contribution in [-0.2, 0) is 33.3 Å². The number of carbonyl (C=O) groups excluding carboxylic acids is 2. The first-order valence-corrected chi connectivity index (χ1v) is 37.2. The minimum atomic E-state index is -1.50. The van der Waals surface area contributed by atoms with E-state index in [1.165, 1.54) is 334 Å². The van der Waals surface area contributed by atoms with Crippen molar-refractivity contribution in [1.29, 1.82) is 0 Å². The molecule has 0 saturated heterocycles. The van der Waals surface area contributed by atoms with Crippen molar-refractivity contribution in [2.24, 2.45) is 0 Å². The van der Waals surface area contributed by atoms with Crippen LogP contribution in [0.25, 0.3) is 0 Å². The van der Waals surface area contributed by atoms with E-state index < -0.39 is 18.4 Å². The highest BCUT2D eigenvalue weighted by atomic mass is 16.7. The van der Waals surface area contributed by atoms with Crippen LogP contribution in [0.15, 0.2) is 0 Å². The zero-order valence-electron chi connectivity index (χ0n) is 56.7. The summed E-state index contributed by atoms with van der Waals surface area (Å²) in [6.07, 6.45) is 76.8. The van der Waals surface area contributed by atoms with Crippen LogP contribution in [0, 0.1) is 0 Å². The number of carboxylic acids is 1. The van der Waals surface area contributed by atoms with Crippen molar-refractivity contribution in [3.05, 3.63) is 0 Å². The molecule has 0 aliphatic heterocycles. The maximum absolute atomic E-state index is 12.9. The van der Waals surface area contributed by atoms with Crippen molar-refractivity contribution in [3.8, 4) is 0 Å². The van der Waals surface area contributed by atoms with E-state index in [-0.39, 0.29) is 38.2 Å². The summed E-state index contributed by atoms with van der Waals surface area (Å²) in [6.45, 7) is 4.97. The SMILES string of the molecule is CCCCCCCCCCCCCCCCCCCCCCCCCCCCCCCCCCCCCCCC(=O)OC(COC(=O)CCCCCCCCCCCCCCCCCCCCCCC)COC(OCC[N+](C)(C)C)C(=O)O. The van der Waals surface area contributed by atoms with E-state index in [9.17, 15) is 19.5 Å². The third-order valence-electron chi connectivity index (χ3n) is 17.4. The Kier molecular flexibility index (Phi) is 64.9. The van der Waals surface area contributed by atoms with Gasteiger partial charge < -0.3 is 28.5 Å². The molecule has 0 heterocycles. The summed E-state index contributed by atoms with van der Waals surface area (Å²) in [6, 6.07) is 0. The molecule has 9 heteroatoms. The van der Waals surface area contributed by atoms with Crippen molar-refractivity contribution in [1.82, 2.24) is 0 Å². The number of rotatable bonds is 71. The second-order valence-corrected chi connectivity index (χ2v) is 27.0. The molecular weight excluding hydrogens is 1030 g/mol. The van der Waals surface area contributed by atoms with Crippen LogP contribution in [0.4, 0.5) is 0 Å². The summed E-state index contributed by atoms with van der Waals surface area (Å²) in [7, 11) is 6.00. The number of unbranched alkanes of at least 4 members (excludes halogenated alkanes) is 56. The fraction of sp³-hybridized carbons (Fsp3) is 0.959. The highest BCUT2D eigenvalue weighted by Crippen LogP contribution is 2.20. The van der Waals surface area contributed by atoms with E-state index in [1.54, 1.807) is 0 Å². The van der Waals surface area contributed by atoms with Crippen molar-refractivity contribution in [2.75, 3.05) is 47.5 Å². The summed E-state index contributed by atoms with van der Waals surface area (Å²) in [5.41, 5.74) is 0. The molecule has 494 valence electrons. The van der Waals surface area contributed by atoms with Gasteiger partial charge in [-0.05, 0) is 12.8 Å². The van der Waals surface area contributed by atoms with Gasteiger partial charge in [0.15, 0.2) is 6.10 Å². The number of esters is 2. The van der Waals surface area contributed by atoms with Gasteiger partial charge >= 0.3 is 17.9 Å². The first kappa shape index (κ1) is 81.3. The second kappa shape index (κ2) is 66.2. The van der Waals surface area contributed by atoms with E-state index >= 15 is 0 Å². The lowest BCUT2D eigenvalue weighted by Gasteiger charge is -2.25. The van der Waals surface area contributed by atoms with Gasteiger partial charge in [-0.2, -0.15) is 0 Å². The minimum absolute atomic E-state index is 0.172. The normalized spacial score (nSPS) is 12.5. The van der Waals surface area contributed by atoms with E-state index in [4.69, 9.17) is 18.9 Å². The molecule has 0 amide bonds. The van der Waals surface area contributed by atoms with Gasteiger partial charge in [-0.15, -0.1) is 0 Å². The molecule has 0 aliphatic carbocycles. The van der Waals surface area contributed by atoms with Gasteiger partial charge in [0.25, 0.3) is 6.29 Å². The number of carbonyl (C=O) groups is 3. The topological polar surface area (TPSA) is 108 Å². The van der Waals surface area contributed by atoms with E-state index in [1.807, 2.05) is 21.1 Å². The molecule has 0 fully saturated rings. The quantitative estimate of drug-likeness (QED) is 0.0278. The van der Waals surface area contributed by atoms with Crippen molar-refractivity contribution in [2.45, 2.75) is 411 Å². The molecule has 0 bridgehead atoms. The van der Waals surface area contributed by atoms with Crippen LogP contribution in [0.2, 0.25) is 0 Å². The molecule has 0 aromatic rings. The lowest BCUT2D eigenvalue weighted by molar-refractivity contribution is -0.870. The molecule has 0 radical (unpaired) electrons. The number of nitrogens with zero attached hydrogens (tertiary/aromatic N) is 1. The number of hydrogen-bond donors (Lipinski definition) is 1. The zero-order valence-corrected chi connectivity index (χ0v) is 56.7. The van der Waals surface area contributed by atoms with Crippen LogP contribution >= 0.6 is 0 Å². The summed E-state index contributed by atoms with van der Waals surface area (Å²) in [5.74, 6) is -1.96. The van der Waals surface area contributed by atoms with E-state index in [2.05, 4.69) is 13.8 Å². The number of hydrogen-bond acceptors (Lipinski definition) is 7. The molecule has 2 unspecified atom stereocenters. The predicted octanol–water partition coefficient (Wildman–Crippen LogP) is 23.0. The molecule has 9 nitrogen and oxygen atoms in total. The molecule has 2 atom stereocenters. The fourth-order valence-electron chi connectivity index (χ4n) is 11.7. The van der Waals surface area contributed by atoms with Gasteiger partial charge in [-0.3, -0.25) is 9.59 Å². The first-order valence-electron chi connectivity index (χ1n) is 37.2. The van der Waals surface area contributed by atoms with Gasteiger partial charge in [-0.1, -0.05) is 373 Å². The van der Waals surface area contributed by atoms with Crippen LogP contribution in [0.5, 0.6) is 0 Å². The molecule has 0 saturated carbocycles. The molecule has 0 aromatic heterocycles. The Morgan fingerprint density at radius 1 is 0.313 bits per heavy atom. The van der Waals surface area contributed by atoms with Crippen LogP contribution in [-0.4, -0.2) is 87.4 Å². The average molecular weight is 1180 g/mol. The predicted molar refractivity (Wildman–Crippen MR) is 355 cm³/mol. The van der Waals surface area contributed by atoms with Crippen molar-refractivity contribution in [3.63, 3.8) is 0 Å². The van der Waals surface area contributed by atoms with Gasteiger partial charge in [0, 0.05) is 12.8 Å². The largest absolute Gasteiger partial charge is 0.477 e. The third-order valence-corrected chi connectivity index (χ3v) is 17.4. The summed E-state index contributed by atoms with van der Waals surface area (Å²) in [5, 5.41) is 9.75. The second-order valence-electron chi connectivity index (χ2n) is 27.0. The fourth-order valence-corrected chi connectivity index (χ4v) is 11.7. The lowest BCUT2D eigenvalue weighted by Crippen LogP contribution is -2.40. The lowest BCUT2D eigenvalue weighted by atomic mass is 10.0. The van der Waals surface area contributed by atoms with Gasteiger partial charge in [0.05, 0.1) is 34.4 Å². The summed E-state index contributed by atoms with van der Waals surface area (Å²) in [4.78, 5) is 37.6. The van der Waals surface area contributed by atoms with Crippen molar-refractivity contribution >= 4 is 17.9 Å². The number of quaternary nitrogens is 1. The molecule has 0 rings (SSSR count). The Balaban J connectivity index is 3.94. The Morgan fingerprint density at radius 2 is 0.542 bits per heavy atom. The number of carboxylic acid groups (broad SMARTS) is 1. The monoisotopic (exact) mass is 1180 g/mol. The number of aliphatic carboxylic acids is 1. The van der Waals surface area contributed by atoms with Gasteiger partial charge in [-0.25, -0.2) is 4.79 Å². The standard InChI is InChI=1S/C74H145NO8/c1-6-8-10-12-14-16-18-20-22-24-26-28-29-30-31-32-33-34-35-36-37-38-39-40-41-42-43-45-47-49-51-53-55-57-59-61-63-65-72(77)83-70(69-82-74(73(78)79)80-67-66-75(3,4)5)68-81-71(76)64-62-60-58-56-54-52-50-48-46-44-27-25-23-21-19-17-15-13-11-9-7-2/h70,74H,6-69H2,1-5H3/p+1. The van der Waals surface area contributed by atoms with Crippen LogP contribution in [0.3, 0.4) is 0 Å². The number of likely N-dealkylation sites (N-methyl/N-ethyl adjacent to an activating group) is 1. The highest BCUT2D eigenvalue weighted by Gasteiger charge is 2.25. The summed E-state index contributed by atoms with van der Waals surface area (Å²) < 4.78 is 23.0. The van der Waals surface area contributed by atoms with Crippen LogP contribution in [0.1, 0.15) is 399 Å². The third kappa shape index (κ3) is 67.7. The van der Waals surface area contributed by atoms with E-state index in [0.717, 1.165) is 38.5 Å². The Labute approximate surface area is 517 Å².